The van der Waals surface area contributed by atoms with Gasteiger partial charge < -0.3 is 14.5 Å². The third kappa shape index (κ3) is 2.45. The van der Waals surface area contributed by atoms with Gasteiger partial charge in [0, 0.05) is 11.3 Å². The van der Waals surface area contributed by atoms with Crippen molar-refractivity contribution in [1.29, 1.82) is 0 Å². The number of Topliss-reactive ketones (excluding diaryl/α,β-unsaturated/α-hetero) is 1. The molecule has 1 aromatic heterocycles. The predicted molar refractivity (Wildman–Crippen MR) is 76.4 cm³/mol. The Morgan fingerprint density at radius 3 is 2.90 bits per heavy atom. The molecule has 1 N–H and O–H groups in total. The third-order valence-electron chi connectivity index (χ3n) is 3.25. The Bertz CT molecular complexity index is 742. The van der Waals surface area contributed by atoms with Crippen LogP contribution < -0.4 is 4.74 Å². The van der Waals surface area contributed by atoms with E-state index in [1.54, 1.807) is 36.4 Å². The number of fused-ring (bicyclic) bond motifs is 1. The quantitative estimate of drug-likeness (QED) is 0.679. The number of carbonyl (C=O) groups is 2. The van der Waals surface area contributed by atoms with Crippen LogP contribution in [0.3, 0.4) is 0 Å². The zero-order valence-electron chi connectivity index (χ0n) is 11.4. The lowest BCUT2D eigenvalue weighted by Crippen LogP contribution is -2.18. The van der Waals surface area contributed by atoms with Crippen LogP contribution in [0.1, 0.15) is 26.5 Å². The van der Waals surface area contributed by atoms with E-state index < -0.39 is 5.97 Å². The number of aromatic nitrogens is 1. The maximum atomic E-state index is 12.4. The summed E-state index contributed by atoms with van der Waals surface area (Å²) in [5.74, 6) is 0.0867. The standard InChI is InChI=1S/C16H13NO4/c1-20-16(19)13-7-6-11(17-13)8-10-9-21-14-5-3-2-4-12(14)15(10)18/h2-8,17H,9H2,1H3. The Morgan fingerprint density at radius 1 is 1.29 bits per heavy atom. The molecule has 0 aliphatic carbocycles. The highest BCUT2D eigenvalue weighted by atomic mass is 16.5. The summed E-state index contributed by atoms with van der Waals surface area (Å²) in [4.78, 5) is 26.6. The Balaban J connectivity index is 1.90. The average Bonchev–Trinajstić information content (AvgIpc) is 2.98. The molecule has 0 saturated heterocycles. The van der Waals surface area contributed by atoms with Crippen molar-refractivity contribution in [1.82, 2.24) is 4.98 Å². The van der Waals surface area contributed by atoms with E-state index in [9.17, 15) is 9.59 Å². The van der Waals surface area contributed by atoms with Gasteiger partial charge >= 0.3 is 5.97 Å². The summed E-state index contributed by atoms with van der Waals surface area (Å²) in [5, 5.41) is 0. The molecule has 5 heteroatoms. The fraction of sp³-hybridized carbons (Fsp3) is 0.125. The zero-order chi connectivity index (χ0) is 14.8. The Labute approximate surface area is 121 Å². The van der Waals surface area contributed by atoms with Gasteiger partial charge in [-0.3, -0.25) is 4.79 Å². The van der Waals surface area contributed by atoms with Gasteiger partial charge in [0.2, 0.25) is 0 Å². The van der Waals surface area contributed by atoms with Crippen LogP contribution in [-0.4, -0.2) is 30.5 Å². The van der Waals surface area contributed by atoms with E-state index in [1.165, 1.54) is 7.11 Å². The number of benzene rings is 1. The minimum Gasteiger partial charge on any atom is -0.488 e. The summed E-state index contributed by atoms with van der Waals surface area (Å²) in [7, 11) is 1.32. The van der Waals surface area contributed by atoms with Crippen molar-refractivity contribution in [3.8, 4) is 5.75 Å². The lowest BCUT2D eigenvalue weighted by Gasteiger charge is -2.18. The predicted octanol–water partition coefficient (Wildman–Crippen LogP) is 2.46. The topological polar surface area (TPSA) is 68.4 Å². The first-order chi connectivity index (χ1) is 10.2. The van der Waals surface area contributed by atoms with E-state index in [2.05, 4.69) is 9.72 Å². The van der Waals surface area contributed by atoms with Crippen LogP contribution in [0.25, 0.3) is 6.08 Å². The summed E-state index contributed by atoms with van der Waals surface area (Å²) in [6.45, 7) is 0.211. The number of nitrogens with one attached hydrogen (secondary N) is 1. The van der Waals surface area contributed by atoms with Crippen molar-refractivity contribution < 1.29 is 19.1 Å². The van der Waals surface area contributed by atoms with E-state index in [-0.39, 0.29) is 12.4 Å². The molecule has 0 saturated carbocycles. The van der Waals surface area contributed by atoms with Gasteiger partial charge in [-0.1, -0.05) is 12.1 Å². The molecule has 0 fully saturated rings. The maximum Gasteiger partial charge on any atom is 0.354 e. The molecule has 0 bridgehead atoms. The summed E-state index contributed by atoms with van der Waals surface area (Å²) in [6.07, 6.45) is 1.69. The van der Waals surface area contributed by atoms with E-state index in [4.69, 9.17) is 4.74 Å². The Hall–Kier alpha value is -2.82. The van der Waals surface area contributed by atoms with E-state index in [0.717, 1.165) is 0 Å². The minimum absolute atomic E-state index is 0.0638. The average molecular weight is 283 g/mol. The van der Waals surface area contributed by atoms with Gasteiger partial charge in [0.25, 0.3) is 0 Å². The Kier molecular flexibility index (Phi) is 3.31. The van der Waals surface area contributed by atoms with Crippen molar-refractivity contribution >= 4 is 17.8 Å². The van der Waals surface area contributed by atoms with Gasteiger partial charge in [0.05, 0.1) is 12.7 Å². The van der Waals surface area contributed by atoms with Crippen LogP contribution in [0.15, 0.2) is 42.0 Å². The zero-order valence-corrected chi connectivity index (χ0v) is 11.4. The first-order valence-corrected chi connectivity index (χ1v) is 6.43. The van der Waals surface area contributed by atoms with E-state index in [1.807, 2.05) is 6.07 Å². The molecular weight excluding hydrogens is 270 g/mol. The normalized spacial score (nSPS) is 15.5. The molecule has 0 radical (unpaired) electrons. The second-order valence-corrected chi connectivity index (χ2v) is 4.60. The molecule has 0 unspecified atom stereocenters. The molecule has 5 nitrogen and oxygen atoms in total. The molecule has 1 aromatic carbocycles. The van der Waals surface area contributed by atoms with Crippen molar-refractivity contribution in [3.05, 3.63) is 58.9 Å². The fourth-order valence-electron chi connectivity index (χ4n) is 2.19. The smallest absolute Gasteiger partial charge is 0.354 e. The van der Waals surface area contributed by atoms with Gasteiger partial charge in [0.15, 0.2) is 5.78 Å². The summed E-state index contributed by atoms with van der Waals surface area (Å²) in [6, 6.07) is 10.5. The largest absolute Gasteiger partial charge is 0.488 e. The molecule has 1 aliphatic rings. The summed E-state index contributed by atoms with van der Waals surface area (Å²) < 4.78 is 10.2. The highest BCUT2D eigenvalue weighted by molar-refractivity contribution is 6.13. The van der Waals surface area contributed by atoms with Gasteiger partial charge in [-0.25, -0.2) is 4.79 Å². The molecule has 0 atom stereocenters. The number of ether oxygens (including phenoxy) is 2. The van der Waals surface area contributed by atoms with Crippen molar-refractivity contribution in [2.45, 2.75) is 0 Å². The molecule has 2 heterocycles. The number of hydrogen-bond acceptors (Lipinski definition) is 4. The van der Waals surface area contributed by atoms with Crippen LogP contribution in [0.2, 0.25) is 0 Å². The summed E-state index contributed by atoms with van der Waals surface area (Å²) in [5.41, 5.74) is 2.08. The van der Waals surface area contributed by atoms with Crippen LogP contribution in [0.4, 0.5) is 0 Å². The second kappa shape index (κ2) is 5.28. The number of rotatable bonds is 2. The summed E-state index contributed by atoms with van der Waals surface area (Å²) >= 11 is 0. The minimum atomic E-state index is -0.448. The van der Waals surface area contributed by atoms with Gasteiger partial charge in [-0.05, 0) is 30.3 Å². The van der Waals surface area contributed by atoms with Gasteiger partial charge in [0.1, 0.15) is 18.1 Å². The second-order valence-electron chi connectivity index (χ2n) is 4.60. The highest BCUT2D eigenvalue weighted by Gasteiger charge is 2.22. The van der Waals surface area contributed by atoms with Crippen LogP contribution >= 0.6 is 0 Å². The van der Waals surface area contributed by atoms with Crippen LogP contribution in [0.5, 0.6) is 5.75 Å². The van der Waals surface area contributed by atoms with Crippen molar-refractivity contribution in [3.63, 3.8) is 0 Å². The van der Waals surface area contributed by atoms with Gasteiger partial charge in [-0.15, -0.1) is 0 Å². The number of carbonyl (C=O) groups excluding carboxylic acids is 2. The molecule has 2 aromatic rings. The van der Waals surface area contributed by atoms with Gasteiger partial charge in [-0.2, -0.15) is 0 Å². The van der Waals surface area contributed by atoms with Crippen LogP contribution in [-0.2, 0) is 4.74 Å². The van der Waals surface area contributed by atoms with E-state index >= 15 is 0 Å². The molecule has 0 spiro atoms. The van der Waals surface area contributed by atoms with Crippen molar-refractivity contribution in [2.24, 2.45) is 0 Å². The number of ketones is 1. The maximum absolute atomic E-state index is 12.4. The number of aromatic amines is 1. The molecular formula is C16H13NO4. The third-order valence-corrected chi connectivity index (χ3v) is 3.25. The first-order valence-electron chi connectivity index (χ1n) is 6.43. The number of hydrogen-bond donors (Lipinski definition) is 1. The molecule has 21 heavy (non-hydrogen) atoms. The molecule has 106 valence electrons. The van der Waals surface area contributed by atoms with Crippen molar-refractivity contribution in [2.75, 3.05) is 13.7 Å². The number of para-hydroxylation sites is 1. The molecule has 3 rings (SSSR count). The highest BCUT2D eigenvalue weighted by Crippen LogP contribution is 2.27. The fourth-order valence-corrected chi connectivity index (χ4v) is 2.19. The Morgan fingerprint density at radius 2 is 2.10 bits per heavy atom. The number of esters is 1. The van der Waals surface area contributed by atoms with Crippen LogP contribution in [0, 0.1) is 0 Å². The lowest BCUT2D eigenvalue weighted by atomic mass is 10.00. The lowest BCUT2D eigenvalue weighted by molar-refractivity contribution is 0.0594. The molecule has 1 aliphatic heterocycles. The monoisotopic (exact) mass is 283 g/mol. The number of methoxy groups -OCH3 is 1. The first kappa shape index (κ1) is 13.2. The SMILES string of the molecule is COC(=O)c1ccc(C=C2COc3ccccc3C2=O)[nH]1. The van der Waals surface area contributed by atoms with E-state index in [0.29, 0.717) is 28.3 Å². The molecule has 0 amide bonds. The number of H-pyrrole nitrogens is 1.